The van der Waals surface area contributed by atoms with Crippen LogP contribution >= 0.6 is 0 Å². The van der Waals surface area contributed by atoms with Crippen molar-refractivity contribution < 1.29 is 22.4 Å². The summed E-state index contributed by atoms with van der Waals surface area (Å²) < 4.78 is 38.7. The van der Waals surface area contributed by atoms with Crippen LogP contribution in [0.2, 0.25) is 0 Å². The number of benzene rings is 4. The zero-order valence-corrected chi connectivity index (χ0v) is 21.4. The molecule has 0 saturated carbocycles. The Morgan fingerprint density at radius 3 is 2.15 bits per heavy atom. The van der Waals surface area contributed by atoms with Gasteiger partial charge in [-0.05, 0) is 72.8 Å². The number of aromatic nitrogens is 2. The Morgan fingerprint density at radius 2 is 1.46 bits per heavy atom. The van der Waals surface area contributed by atoms with Gasteiger partial charge in [0.2, 0.25) is 10.0 Å². The average Bonchev–Trinajstić information content (AvgIpc) is 2.92. The molecular formula is C29H21FN4O4S. The van der Waals surface area contributed by atoms with E-state index in [2.05, 4.69) is 20.0 Å². The molecule has 1 heterocycles. The minimum absolute atomic E-state index is 0.188. The molecule has 8 nitrogen and oxygen atoms in total. The van der Waals surface area contributed by atoms with Gasteiger partial charge in [-0.25, -0.2) is 17.8 Å². The zero-order chi connectivity index (χ0) is 27.6. The molecule has 5 aromatic rings. The van der Waals surface area contributed by atoms with E-state index in [0.29, 0.717) is 39.2 Å². The van der Waals surface area contributed by atoms with Gasteiger partial charge >= 0.3 is 0 Å². The maximum absolute atomic E-state index is 13.4. The van der Waals surface area contributed by atoms with Crippen LogP contribution < -0.4 is 10.0 Å². The van der Waals surface area contributed by atoms with Gasteiger partial charge in [0.05, 0.1) is 29.2 Å². The first kappa shape index (κ1) is 25.7. The molecule has 0 atom stereocenters. The molecule has 0 saturated heterocycles. The van der Waals surface area contributed by atoms with Crippen molar-refractivity contribution in [1.82, 2.24) is 9.97 Å². The number of nitrogens with one attached hydrogen (secondary N) is 2. The molecule has 0 aliphatic rings. The quantitative estimate of drug-likeness (QED) is 0.271. The Hall–Kier alpha value is -4.96. The molecule has 194 valence electrons. The molecule has 0 radical (unpaired) electrons. The number of anilines is 2. The van der Waals surface area contributed by atoms with Crippen molar-refractivity contribution in [3.63, 3.8) is 0 Å². The topological polar surface area (TPSA) is 118 Å². The van der Waals surface area contributed by atoms with Crippen LogP contribution in [0.5, 0.6) is 0 Å². The molecule has 0 unspecified atom stereocenters. The first-order valence-electron chi connectivity index (χ1n) is 11.7. The van der Waals surface area contributed by atoms with Gasteiger partial charge in [0, 0.05) is 33.6 Å². The Morgan fingerprint density at radius 1 is 0.769 bits per heavy atom. The van der Waals surface area contributed by atoms with Crippen molar-refractivity contribution in [2.45, 2.75) is 0 Å². The summed E-state index contributed by atoms with van der Waals surface area (Å²) in [6.07, 6.45) is 2.69. The first-order valence-corrected chi connectivity index (χ1v) is 13.6. The van der Waals surface area contributed by atoms with Gasteiger partial charge < -0.3 is 5.32 Å². The zero-order valence-electron chi connectivity index (χ0n) is 20.6. The minimum atomic E-state index is -3.38. The standard InChI is InChI=1S/C29H21FN4O4S/c1-39(37,38)34-24-12-5-18(6-13-24)27-17-31-25-14-9-20(16-26(25)33-27)28(35)19-7-10-23(11-8-19)32-29(36)21-3-2-4-22(30)15-21/h2-17,34H,1H3,(H,32,36). The van der Waals surface area contributed by atoms with Crippen LogP contribution in [0, 0.1) is 5.82 Å². The van der Waals surface area contributed by atoms with Gasteiger partial charge in [0.1, 0.15) is 5.82 Å². The molecule has 10 heteroatoms. The Kier molecular flexibility index (Phi) is 6.86. The molecule has 39 heavy (non-hydrogen) atoms. The Balaban J connectivity index is 1.34. The predicted molar refractivity (Wildman–Crippen MR) is 148 cm³/mol. The molecule has 0 aliphatic carbocycles. The highest BCUT2D eigenvalue weighted by Gasteiger charge is 2.13. The van der Waals surface area contributed by atoms with Crippen LogP contribution in [-0.4, -0.2) is 36.3 Å². The SMILES string of the molecule is CS(=O)(=O)Nc1ccc(-c2cnc3ccc(C(=O)c4ccc(NC(=O)c5cccc(F)c5)cc4)cc3n2)cc1. The molecular weight excluding hydrogens is 519 g/mol. The van der Waals surface area contributed by atoms with Gasteiger partial charge in [0.25, 0.3) is 5.91 Å². The number of fused-ring (bicyclic) bond motifs is 1. The second kappa shape index (κ2) is 10.4. The lowest BCUT2D eigenvalue weighted by Gasteiger charge is -2.08. The molecule has 0 spiro atoms. The summed E-state index contributed by atoms with van der Waals surface area (Å²) in [6.45, 7) is 0. The Labute approximate surface area is 223 Å². The van der Waals surface area contributed by atoms with E-state index < -0.39 is 21.7 Å². The molecule has 4 aromatic carbocycles. The third-order valence-electron chi connectivity index (χ3n) is 5.78. The first-order chi connectivity index (χ1) is 18.6. The number of halogens is 1. The van der Waals surface area contributed by atoms with E-state index in [0.717, 1.165) is 17.9 Å². The summed E-state index contributed by atoms with van der Waals surface area (Å²) >= 11 is 0. The van der Waals surface area contributed by atoms with Crippen LogP contribution in [0.15, 0.2) is 97.2 Å². The number of carbonyl (C=O) groups excluding carboxylic acids is 2. The lowest BCUT2D eigenvalue weighted by atomic mass is 10.0. The van der Waals surface area contributed by atoms with Crippen molar-refractivity contribution in [2.75, 3.05) is 16.3 Å². The van der Waals surface area contributed by atoms with E-state index >= 15 is 0 Å². The van der Waals surface area contributed by atoms with Crippen molar-refractivity contribution in [3.05, 3.63) is 120 Å². The summed E-state index contributed by atoms with van der Waals surface area (Å²) in [4.78, 5) is 34.6. The normalized spacial score (nSPS) is 11.2. The highest BCUT2D eigenvalue weighted by atomic mass is 32.2. The maximum atomic E-state index is 13.4. The number of ketones is 1. The molecule has 0 fully saturated rings. The highest BCUT2D eigenvalue weighted by Crippen LogP contribution is 2.23. The van der Waals surface area contributed by atoms with Crippen LogP contribution in [0.25, 0.3) is 22.3 Å². The fourth-order valence-electron chi connectivity index (χ4n) is 3.92. The number of amides is 1. The second-order valence-corrected chi connectivity index (χ2v) is 10.5. The van der Waals surface area contributed by atoms with E-state index in [9.17, 15) is 22.4 Å². The Bertz CT molecular complexity index is 1820. The van der Waals surface area contributed by atoms with Gasteiger partial charge in [-0.2, -0.15) is 0 Å². The van der Waals surface area contributed by atoms with Crippen LogP contribution in [0.1, 0.15) is 26.3 Å². The number of rotatable bonds is 7. The van der Waals surface area contributed by atoms with Crippen LogP contribution in [0.4, 0.5) is 15.8 Å². The van der Waals surface area contributed by atoms with Gasteiger partial charge in [-0.15, -0.1) is 0 Å². The molecule has 0 bridgehead atoms. The third kappa shape index (κ3) is 6.13. The van der Waals surface area contributed by atoms with E-state index in [4.69, 9.17) is 0 Å². The van der Waals surface area contributed by atoms with E-state index in [1.165, 1.54) is 18.2 Å². The second-order valence-electron chi connectivity index (χ2n) is 8.78. The number of hydrogen-bond acceptors (Lipinski definition) is 6. The predicted octanol–water partition coefficient (Wildman–Crippen LogP) is 5.29. The fourth-order valence-corrected chi connectivity index (χ4v) is 4.48. The number of sulfonamides is 1. The van der Waals surface area contributed by atoms with E-state index in [1.54, 1.807) is 72.9 Å². The molecule has 1 aromatic heterocycles. The summed E-state index contributed by atoms with van der Waals surface area (Å²) in [5, 5.41) is 2.68. The number of hydrogen-bond donors (Lipinski definition) is 2. The van der Waals surface area contributed by atoms with Gasteiger partial charge in [-0.1, -0.05) is 18.2 Å². The highest BCUT2D eigenvalue weighted by molar-refractivity contribution is 7.92. The molecule has 2 N–H and O–H groups in total. The number of carbonyl (C=O) groups is 2. The molecule has 5 rings (SSSR count). The lowest BCUT2D eigenvalue weighted by Crippen LogP contribution is -2.12. The van der Waals surface area contributed by atoms with Crippen molar-refractivity contribution in [1.29, 1.82) is 0 Å². The lowest BCUT2D eigenvalue weighted by molar-refractivity contribution is 0.102. The summed E-state index contributed by atoms with van der Waals surface area (Å²) in [6, 6.07) is 23.5. The van der Waals surface area contributed by atoms with Gasteiger partial charge in [0.15, 0.2) is 5.78 Å². The fraction of sp³-hybridized carbons (Fsp3) is 0.0345. The monoisotopic (exact) mass is 540 g/mol. The smallest absolute Gasteiger partial charge is 0.255 e. The molecule has 0 aliphatic heterocycles. The largest absolute Gasteiger partial charge is 0.322 e. The van der Waals surface area contributed by atoms with Crippen LogP contribution in [0.3, 0.4) is 0 Å². The van der Waals surface area contributed by atoms with Crippen molar-refractivity contribution >= 4 is 44.1 Å². The average molecular weight is 541 g/mol. The van der Waals surface area contributed by atoms with E-state index in [-0.39, 0.29) is 11.3 Å². The summed E-state index contributed by atoms with van der Waals surface area (Å²) in [5.74, 6) is -1.20. The summed E-state index contributed by atoms with van der Waals surface area (Å²) in [5.41, 5.74) is 4.35. The van der Waals surface area contributed by atoms with E-state index in [1.807, 2.05) is 0 Å². The van der Waals surface area contributed by atoms with Crippen LogP contribution in [-0.2, 0) is 10.0 Å². The summed E-state index contributed by atoms with van der Waals surface area (Å²) in [7, 11) is -3.38. The van der Waals surface area contributed by atoms with Crippen molar-refractivity contribution in [2.24, 2.45) is 0 Å². The third-order valence-corrected chi connectivity index (χ3v) is 6.39. The van der Waals surface area contributed by atoms with Crippen molar-refractivity contribution in [3.8, 4) is 11.3 Å². The maximum Gasteiger partial charge on any atom is 0.255 e. The number of nitrogens with zero attached hydrogens (tertiary/aromatic N) is 2. The minimum Gasteiger partial charge on any atom is -0.322 e. The van der Waals surface area contributed by atoms with Gasteiger partial charge in [-0.3, -0.25) is 19.3 Å². The molecule has 1 amide bonds.